The zero-order chi connectivity index (χ0) is 8.97. The largest absolute Gasteiger partial charge is 0.306 e. The van der Waals surface area contributed by atoms with Crippen molar-refractivity contribution in [3.63, 3.8) is 0 Å². The van der Waals surface area contributed by atoms with E-state index in [9.17, 15) is 0 Å². The van der Waals surface area contributed by atoms with Crippen molar-refractivity contribution in [1.82, 2.24) is 4.98 Å². The molecule has 0 fully saturated rings. The van der Waals surface area contributed by atoms with Gasteiger partial charge in [0.1, 0.15) is 4.60 Å². The Balaban J connectivity index is 2.83. The van der Waals surface area contributed by atoms with Crippen molar-refractivity contribution in [2.24, 2.45) is 0 Å². The van der Waals surface area contributed by atoms with Crippen molar-refractivity contribution in [2.45, 2.75) is 6.92 Å². The van der Waals surface area contributed by atoms with Gasteiger partial charge in [-0.1, -0.05) is 6.07 Å². The first-order valence-corrected chi connectivity index (χ1v) is 4.33. The van der Waals surface area contributed by atoms with Gasteiger partial charge in [-0.15, -0.1) is 0 Å². The molecule has 1 aromatic rings. The first kappa shape index (κ1) is 9.13. The van der Waals surface area contributed by atoms with E-state index in [0.717, 1.165) is 10.3 Å². The van der Waals surface area contributed by atoms with E-state index in [4.69, 9.17) is 5.41 Å². The molecule has 1 N–H and O–H groups in total. The lowest BCUT2D eigenvalue weighted by Gasteiger charge is -1.92. The predicted molar refractivity (Wildman–Crippen MR) is 54.4 cm³/mol. The van der Waals surface area contributed by atoms with Crippen LogP contribution in [0.4, 0.5) is 0 Å². The van der Waals surface area contributed by atoms with E-state index < -0.39 is 0 Å². The lowest BCUT2D eigenvalue weighted by atomic mass is 10.3. The Labute approximate surface area is 80.0 Å². The first-order chi connectivity index (χ1) is 5.68. The van der Waals surface area contributed by atoms with Crippen LogP contribution in [0.2, 0.25) is 0 Å². The van der Waals surface area contributed by atoms with Crippen LogP contribution in [-0.4, -0.2) is 10.7 Å². The van der Waals surface area contributed by atoms with Gasteiger partial charge in [-0.2, -0.15) is 0 Å². The molecular weight excluding hydrogens is 216 g/mol. The molecule has 0 saturated heterocycles. The van der Waals surface area contributed by atoms with Crippen LogP contribution in [-0.2, 0) is 0 Å². The summed E-state index contributed by atoms with van der Waals surface area (Å²) in [7, 11) is 0. The molecule has 1 rings (SSSR count). The van der Waals surface area contributed by atoms with Crippen LogP contribution < -0.4 is 0 Å². The Morgan fingerprint density at radius 2 is 2.33 bits per heavy atom. The highest BCUT2D eigenvalue weighted by molar-refractivity contribution is 9.10. The molecule has 1 aromatic heterocycles. The van der Waals surface area contributed by atoms with E-state index >= 15 is 0 Å². The average Bonchev–Trinajstić information content (AvgIpc) is 2.01. The van der Waals surface area contributed by atoms with Crippen molar-refractivity contribution < 1.29 is 0 Å². The maximum absolute atomic E-state index is 7.17. The summed E-state index contributed by atoms with van der Waals surface area (Å²) >= 11 is 3.27. The van der Waals surface area contributed by atoms with Crippen LogP contribution in [0.15, 0.2) is 28.9 Å². The Bertz CT molecular complexity index is 318. The molecular formula is C9H9BrN2. The van der Waals surface area contributed by atoms with Gasteiger partial charge in [0.2, 0.25) is 0 Å². The van der Waals surface area contributed by atoms with Crippen LogP contribution in [0, 0.1) is 5.41 Å². The number of hydrogen-bond acceptors (Lipinski definition) is 2. The van der Waals surface area contributed by atoms with E-state index in [1.54, 1.807) is 13.0 Å². The second kappa shape index (κ2) is 4.16. The van der Waals surface area contributed by atoms with Crippen molar-refractivity contribution >= 4 is 27.7 Å². The molecule has 2 nitrogen and oxygen atoms in total. The standard InChI is InChI=1S/C9H9BrN2/c1-7(11)5-6-8-3-2-4-9(10)12-8/h2-6,11H,1H3/b6-5+,11-7?. The lowest BCUT2D eigenvalue weighted by Crippen LogP contribution is -1.82. The third-order valence-corrected chi connectivity index (χ3v) is 1.68. The maximum Gasteiger partial charge on any atom is 0.106 e. The van der Waals surface area contributed by atoms with Gasteiger partial charge in [-0.05, 0) is 47.1 Å². The second-order valence-corrected chi connectivity index (χ2v) is 3.21. The third kappa shape index (κ3) is 2.96. The van der Waals surface area contributed by atoms with Gasteiger partial charge in [0.25, 0.3) is 0 Å². The van der Waals surface area contributed by atoms with Gasteiger partial charge in [-0.3, -0.25) is 0 Å². The molecule has 1 heterocycles. The quantitative estimate of drug-likeness (QED) is 0.609. The van der Waals surface area contributed by atoms with Crippen LogP contribution in [0.25, 0.3) is 6.08 Å². The number of halogens is 1. The average molecular weight is 225 g/mol. The number of aromatic nitrogens is 1. The fourth-order valence-electron chi connectivity index (χ4n) is 0.727. The molecule has 0 radical (unpaired) electrons. The predicted octanol–water partition coefficient (Wildman–Crippen LogP) is 2.90. The number of pyridine rings is 1. The molecule has 0 aliphatic heterocycles. The summed E-state index contributed by atoms with van der Waals surface area (Å²) in [5.74, 6) is 0. The minimum atomic E-state index is 0.525. The summed E-state index contributed by atoms with van der Waals surface area (Å²) in [5.41, 5.74) is 1.38. The summed E-state index contributed by atoms with van der Waals surface area (Å²) < 4.78 is 0.812. The minimum Gasteiger partial charge on any atom is -0.306 e. The zero-order valence-electron chi connectivity index (χ0n) is 6.71. The summed E-state index contributed by atoms with van der Waals surface area (Å²) in [6.45, 7) is 1.73. The third-order valence-electron chi connectivity index (χ3n) is 1.24. The van der Waals surface area contributed by atoms with E-state index in [1.165, 1.54) is 0 Å². The van der Waals surface area contributed by atoms with Gasteiger partial charge < -0.3 is 5.41 Å². The minimum absolute atomic E-state index is 0.525. The number of hydrogen-bond donors (Lipinski definition) is 1. The van der Waals surface area contributed by atoms with E-state index in [-0.39, 0.29) is 0 Å². The normalized spacial score (nSPS) is 10.5. The van der Waals surface area contributed by atoms with Crippen molar-refractivity contribution in [2.75, 3.05) is 0 Å². The molecule has 0 atom stereocenters. The topological polar surface area (TPSA) is 36.7 Å². The first-order valence-electron chi connectivity index (χ1n) is 3.54. The molecule has 0 aliphatic carbocycles. The van der Waals surface area contributed by atoms with E-state index in [2.05, 4.69) is 20.9 Å². The molecule has 0 aromatic carbocycles. The van der Waals surface area contributed by atoms with Crippen LogP contribution >= 0.6 is 15.9 Å². The Morgan fingerprint density at radius 3 is 2.92 bits per heavy atom. The molecule has 0 amide bonds. The SMILES string of the molecule is CC(=N)/C=C/c1cccc(Br)n1. The highest BCUT2D eigenvalue weighted by Gasteiger charge is 1.89. The summed E-state index contributed by atoms with van der Waals surface area (Å²) in [6, 6.07) is 5.68. The number of allylic oxidation sites excluding steroid dienone is 1. The van der Waals surface area contributed by atoms with Crippen LogP contribution in [0.3, 0.4) is 0 Å². The number of rotatable bonds is 2. The second-order valence-electron chi connectivity index (χ2n) is 2.40. The highest BCUT2D eigenvalue weighted by atomic mass is 79.9. The van der Waals surface area contributed by atoms with E-state index in [1.807, 2.05) is 24.3 Å². The fraction of sp³-hybridized carbons (Fsp3) is 0.111. The smallest absolute Gasteiger partial charge is 0.106 e. The zero-order valence-corrected chi connectivity index (χ0v) is 8.30. The molecule has 12 heavy (non-hydrogen) atoms. The van der Waals surface area contributed by atoms with Crippen molar-refractivity contribution in [3.8, 4) is 0 Å². The van der Waals surface area contributed by atoms with Crippen molar-refractivity contribution in [1.29, 1.82) is 5.41 Å². The van der Waals surface area contributed by atoms with Gasteiger partial charge in [0.15, 0.2) is 0 Å². The molecule has 3 heteroatoms. The molecule has 0 saturated carbocycles. The molecule has 0 spiro atoms. The molecule has 0 aliphatic rings. The Hall–Kier alpha value is -0.960. The van der Waals surface area contributed by atoms with E-state index in [0.29, 0.717) is 5.71 Å². The van der Waals surface area contributed by atoms with Gasteiger partial charge in [-0.25, -0.2) is 4.98 Å². The Morgan fingerprint density at radius 1 is 1.58 bits per heavy atom. The van der Waals surface area contributed by atoms with Gasteiger partial charge in [0, 0.05) is 5.71 Å². The summed E-state index contributed by atoms with van der Waals surface area (Å²) in [5, 5.41) is 7.17. The maximum atomic E-state index is 7.17. The highest BCUT2D eigenvalue weighted by Crippen LogP contribution is 2.07. The van der Waals surface area contributed by atoms with Gasteiger partial charge >= 0.3 is 0 Å². The van der Waals surface area contributed by atoms with Crippen molar-refractivity contribution in [3.05, 3.63) is 34.6 Å². The summed E-state index contributed by atoms with van der Waals surface area (Å²) in [6.07, 6.45) is 3.53. The number of nitrogens with one attached hydrogen (secondary N) is 1. The number of nitrogens with zero attached hydrogens (tertiary/aromatic N) is 1. The lowest BCUT2D eigenvalue weighted by molar-refractivity contribution is 1.25. The van der Waals surface area contributed by atoms with Gasteiger partial charge in [0.05, 0.1) is 5.69 Å². The molecule has 62 valence electrons. The Kier molecular flexibility index (Phi) is 3.17. The molecule has 0 unspecified atom stereocenters. The molecule has 0 bridgehead atoms. The monoisotopic (exact) mass is 224 g/mol. The summed E-state index contributed by atoms with van der Waals surface area (Å²) in [4.78, 5) is 4.18. The van der Waals surface area contributed by atoms with Crippen LogP contribution in [0.1, 0.15) is 12.6 Å². The fourth-order valence-corrected chi connectivity index (χ4v) is 1.08. The van der Waals surface area contributed by atoms with Crippen LogP contribution in [0.5, 0.6) is 0 Å².